The zero-order valence-electron chi connectivity index (χ0n) is 8.36. The van der Waals surface area contributed by atoms with Crippen LogP contribution in [0.15, 0.2) is 0 Å². The molecule has 1 atom stereocenters. The number of carbonyl (C=O) groups excluding carboxylic acids is 3. The summed E-state index contributed by atoms with van der Waals surface area (Å²) < 4.78 is 0. The number of hydrogen-bond donors (Lipinski definition) is 4. The van der Waals surface area contributed by atoms with E-state index in [4.69, 9.17) is 17.2 Å². The van der Waals surface area contributed by atoms with Crippen LogP contribution in [0.3, 0.4) is 0 Å². The van der Waals surface area contributed by atoms with E-state index in [1.54, 1.807) is 0 Å². The molecule has 86 valence electrons. The zero-order valence-corrected chi connectivity index (χ0v) is 8.36. The van der Waals surface area contributed by atoms with Crippen molar-refractivity contribution in [3.63, 3.8) is 0 Å². The van der Waals surface area contributed by atoms with E-state index < -0.39 is 23.8 Å². The lowest BCUT2D eigenvalue weighted by Crippen LogP contribution is -2.43. The largest absolute Gasteiger partial charge is 0.370 e. The molecule has 7 N–H and O–H groups in total. The Morgan fingerprint density at radius 3 is 2.20 bits per heavy atom. The van der Waals surface area contributed by atoms with Gasteiger partial charge < -0.3 is 22.5 Å². The SMILES string of the molecule is NC(=O)CCCNC(=O)C(N)CC(N)=O. The maximum Gasteiger partial charge on any atom is 0.237 e. The van der Waals surface area contributed by atoms with Crippen molar-refractivity contribution in [3.8, 4) is 0 Å². The molecule has 7 nitrogen and oxygen atoms in total. The number of rotatable bonds is 7. The van der Waals surface area contributed by atoms with Crippen molar-refractivity contribution >= 4 is 17.7 Å². The molecule has 0 aliphatic heterocycles. The molecule has 0 heterocycles. The van der Waals surface area contributed by atoms with Gasteiger partial charge in [-0.2, -0.15) is 0 Å². The highest BCUT2D eigenvalue weighted by Gasteiger charge is 2.14. The average Bonchev–Trinajstić information content (AvgIpc) is 2.10. The number of hydrogen-bond acceptors (Lipinski definition) is 4. The van der Waals surface area contributed by atoms with Crippen molar-refractivity contribution in [2.24, 2.45) is 17.2 Å². The lowest BCUT2D eigenvalue weighted by Gasteiger charge is -2.09. The fraction of sp³-hybridized carbons (Fsp3) is 0.625. The molecule has 0 fully saturated rings. The Morgan fingerprint density at radius 1 is 1.13 bits per heavy atom. The van der Waals surface area contributed by atoms with E-state index in [-0.39, 0.29) is 12.8 Å². The Labute approximate surface area is 87.3 Å². The smallest absolute Gasteiger partial charge is 0.237 e. The number of primary amides is 2. The van der Waals surface area contributed by atoms with Crippen LogP contribution >= 0.6 is 0 Å². The molecule has 0 aromatic carbocycles. The predicted octanol–water partition coefficient (Wildman–Crippen LogP) is -2.43. The number of nitrogens with two attached hydrogens (primary N) is 3. The number of nitrogens with one attached hydrogen (secondary N) is 1. The second-order valence-corrected chi connectivity index (χ2v) is 3.14. The van der Waals surface area contributed by atoms with Crippen molar-refractivity contribution < 1.29 is 14.4 Å². The van der Waals surface area contributed by atoms with Gasteiger partial charge in [0.15, 0.2) is 0 Å². The van der Waals surface area contributed by atoms with Crippen LogP contribution in [0.1, 0.15) is 19.3 Å². The molecule has 1 unspecified atom stereocenters. The average molecular weight is 216 g/mol. The Bertz CT molecular complexity index is 254. The van der Waals surface area contributed by atoms with Gasteiger partial charge in [-0.3, -0.25) is 14.4 Å². The molecule has 0 aromatic heterocycles. The lowest BCUT2D eigenvalue weighted by atomic mass is 10.2. The van der Waals surface area contributed by atoms with Crippen molar-refractivity contribution in [1.29, 1.82) is 0 Å². The minimum atomic E-state index is -0.934. The molecule has 0 radical (unpaired) electrons. The van der Waals surface area contributed by atoms with Gasteiger partial charge in [0, 0.05) is 13.0 Å². The first-order valence-corrected chi connectivity index (χ1v) is 4.53. The summed E-state index contributed by atoms with van der Waals surface area (Å²) in [6, 6.07) is -0.934. The maximum atomic E-state index is 11.2. The van der Waals surface area contributed by atoms with Crippen LogP contribution in [-0.4, -0.2) is 30.3 Å². The number of amides is 3. The molecule has 0 aliphatic rings. The van der Waals surface area contributed by atoms with Crippen LogP contribution in [0.2, 0.25) is 0 Å². The van der Waals surface area contributed by atoms with Crippen molar-refractivity contribution in [1.82, 2.24) is 5.32 Å². The molecule has 3 amide bonds. The van der Waals surface area contributed by atoms with E-state index in [1.807, 2.05) is 0 Å². The Morgan fingerprint density at radius 2 is 1.73 bits per heavy atom. The highest BCUT2D eigenvalue weighted by atomic mass is 16.2. The summed E-state index contributed by atoms with van der Waals surface area (Å²) in [6.07, 6.45) is 0.456. The summed E-state index contributed by atoms with van der Waals surface area (Å²) in [4.78, 5) is 31.9. The minimum Gasteiger partial charge on any atom is -0.370 e. The third-order valence-corrected chi connectivity index (χ3v) is 1.66. The van der Waals surface area contributed by atoms with Crippen molar-refractivity contribution in [2.45, 2.75) is 25.3 Å². The molecular weight excluding hydrogens is 200 g/mol. The molecule has 0 saturated heterocycles. The van der Waals surface area contributed by atoms with E-state index >= 15 is 0 Å². The van der Waals surface area contributed by atoms with Crippen LogP contribution < -0.4 is 22.5 Å². The first kappa shape index (κ1) is 13.4. The fourth-order valence-electron chi connectivity index (χ4n) is 0.915. The Balaban J connectivity index is 3.64. The predicted molar refractivity (Wildman–Crippen MR) is 53.2 cm³/mol. The molecule has 0 aromatic rings. The van der Waals surface area contributed by atoms with Gasteiger partial charge in [-0.05, 0) is 6.42 Å². The third-order valence-electron chi connectivity index (χ3n) is 1.66. The molecular formula is C8H16N4O3. The van der Waals surface area contributed by atoms with E-state index in [0.717, 1.165) is 0 Å². The van der Waals surface area contributed by atoms with Crippen molar-refractivity contribution in [2.75, 3.05) is 6.54 Å². The van der Waals surface area contributed by atoms with E-state index in [9.17, 15) is 14.4 Å². The second-order valence-electron chi connectivity index (χ2n) is 3.14. The maximum absolute atomic E-state index is 11.2. The van der Waals surface area contributed by atoms with Gasteiger partial charge in [0.1, 0.15) is 0 Å². The highest BCUT2D eigenvalue weighted by molar-refractivity contribution is 5.87. The topological polar surface area (TPSA) is 141 Å². The van der Waals surface area contributed by atoms with Crippen LogP contribution in [-0.2, 0) is 14.4 Å². The van der Waals surface area contributed by atoms with E-state index in [2.05, 4.69) is 5.32 Å². The fourth-order valence-corrected chi connectivity index (χ4v) is 0.915. The van der Waals surface area contributed by atoms with Gasteiger partial charge in [-0.25, -0.2) is 0 Å². The summed E-state index contributed by atoms with van der Waals surface area (Å²) in [5.41, 5.74) is 15.1. The van der Waals surface area contributed by atoms with E-state index in [0.29, 0.717) is 13.0 Å². The summed E-state index contributed by atoms with van der Waals surface area (Å²) in [5, 5.41) is 2.46. The summed E-state index contributed by atoms with van der Waals surface area (Å²) >= 11 is 0. The second kappa shape index (κ2) is 6.77. The monoisotopic (exact) mass is 216 g/mol. The molecule has 0 bridgehead atoms. The molecule has 0 rings (SSSR count). The highest BCUT2D eigenvalue weighted by Crippen LogP contribution is 1.89. The Hall–Kier alpha value is -1.63. The van der Waals surface area contributed by atoms with Gasteiger partial charge in [0.2, 0.25) is 17.7 Å². The van der Waals surface area contributed by atoms with Crippen LogP contribution in [0.5, 0.6) is 0 Å². The van der Waals surface area contributed by atoms with Crippen LogP contribution in [0.25, 0.3) is 0 Å². The van der Waals surface area contributed by atoms with Crippen LogP contribution in [0.4, 0.5) is 0 Å². The first-order valence-electron chi connectivity index (χ1n) is 4.53. The van der Waals surface area contributed by atoms with E-state index in [1.165, 1.54) is 0 Å². The standard InChI is InChI=1S/C8H16N4O3/c9-5(4-7(11)14)8(15)12-3-1-2-6(10)13/h5H,1-4,9H2,(H2,10,13)(H2,11,14)(H,12,15). The molecule has 0 spiro atoms. The van der Waals surface area contributed by atoms with Gasteiger partial charge >= 0.3 is 0 Å². The quantitative estimate of drug-likeness (QED) is 0.351. The molecule has 0 aliphatic carbocycles. The first-order chi connectivity index (χ1) is 6.93. The van der Waals surface area contributed by atoms with Gasteiger partial charge in [0.05, 0.1) is 12.5 Å². The molecule has 0 saturated carbocycles. The zero-order chi connectivity index (χ0) is 11.8. The Kier molecular flexibility index (Phi) is 6.03. The van der Waals surface area contributed by atoms with Gasteiger partial charge in [0.25, 0.3) is 0 Å². The molecule has 15 heavy (non-hydrogen) atoms. The number of carbonyl (C=O) groups is 3. The van der Waals surface area contributed by atoms with Crippen molar-refractivity contribution in [3.05, 3.63) is 0 Å². The summed E-state index contributed by atoms with van der Waals surface area (Å²) in [7, 11) is 0. The third kappa shape index (κ3) is 7.44. The van der Waals surface area contributed by atoms with Crippen LogP contribution in [0, 0.1) is 0 Å². The summed E-state index contributed by atoms with van der Waals surface area (Å²) in [6.45, 7) is 0.300. The normalized spacial score (nSPS) is 11.8. The lowest BCUT2D eigenvalue weighted by molar-refractivity contribution is -0.126. The minimum absolute atomic E-state index is 0.193. The van der Waals surface area contributed by atoms with Gasteiger partial charge in [-0.15, -0.1) is 0 Å². The van der Waals surface area contributed by atoms with Gasteiger partial charge in [-0.1, -0.05) is 0 Å². The summed E-state index contributed by atoms with van der Waals surface area (Å²) in [5.74, 6) is -1.52. The molecule has 7 heteroatoms.